The summed E-state index contributed by atoms with van der Waals surface area (Å²) in [5.74, 6) is 1.64. The minimum absolute atomic E-state index is 0.179. The van der Waals surface area contributed by atoms with Crippen molar-refractivity contribution in [3.63, 3.8) is 0 Å². The standard InChI is InChI=1S/C19H27NO2/c1-15(2)16-9-12-20(13-10-16)18(21)19(11-6-14-22-19)17-7-4-3-5-8-17/h3-5,7-8,15-16H,6,9-14H2,1-2H3. The topological polar surface area (TPSA) is 29.5 Å². The van der Waals surface area contributed by atoms with E-state index in [0.29, 0.717) is 12.5 Å². The Morgan fingerprint density at radius 3 is 2.45 bits per heavy atom. The molecule has 3 heteroatoms. The summed E-state index contributed by atoms with van der Waals surface area (Å²) in [6.07, 6.45) is 4.01. The molecule has 1 amide bonds. The summed E-state index contributed by atoms with van der Waals surface area (Å²) in [6, 6.07) is 10.0. The van der Waals surface area contributed by atoms with Crippen LogP contribution in [-0.2, 0) is 15.1 Å². The van der Waals surface area contributed by atoms with E-state index in [1.165, 1.54) is 0 Å². The maximum Gasteiger partial charge on any atom is 0.259 e. The van der Waals surface area contributed by atoms with Crippen LogP contribution in [-0.4, -0.2) is 30.5 Å². The van der Waals surface area contributed by atoms with Gasteiger partial charge in [0.25, 0.3) is 5.91 Å². The third-order valence-electron chi connectivity index (χ3n) is 5.38. The molecule has 0 bridgehead atoms. The van der Waals surface area contributed by atoms with Crippen LogP contribution in [0.3, 0.4) is 0 Å². The lowest BCUT2D eigenvalue weighted by Gasteiger charge is -2.39. The van der Waals surface area contributed by atoms with Crippen molar-refractivity contribution in [3.8, 4) is 0 Å². The zero-order valence-electron chi connectivity index (χ0n) is 13.8. The van der Waals surface area contributed by atoms with Gasteiger partial charge in [0.15, 0.2) is 5.60 Å². The van der Waals surface area contributed by atoms with Gasteiger partial charge in [0.2, 0.25) is 0 Å². The average Bonchev–Trinajstić information content (AvgIpc) is 3.06. The summed E-state index contributed by atoms with van der Waals surface area (Å²) < 4.78 is 6.02. The van der Waals surface area contributed by atoms with E-state index in [1.807, 2.05) is 35.2 Å². The van der Waals surface area contributed by atoms with Crippen molar-refractivity contribution < 1.29 is 9.53 Å². The smallest absolute Gasteiger partial charge is 0.259 e. The van der Waals surface area contributed by atoms with Crippen molar-refractivity contribution in [3.05, 3.63) is 35.9 Å². The van der Waals surface area contributed by atoms with E-state index in [2.05, 4.69) is 13.8 Å². The molecule has 1 atom stereocenters. The number of benzene rings is 1. The molecule has 2 aliphatic heterocycles. The second kappa shape index (κ2) is 6.41. The second-order valence-electron chi connectivity index (χ2n) is 7.02. The molecule has 0 spiro atoms. The van der Waals surface area contributed by atoms with Gasteiger partial charge in [0.05, 0.1) is 0 Å². The zero-order chi connectivity index (χ0) is 15.6. The molecule has 1 aromatic rings. The van der Waals surface area contributed by atoms with Crippen molar-refractivity contribution in [2.75, 3.05) is 19.7 Å². The lowest BCUT2D eigenvalue weighted by atomic mass is 9.84. The molecule has 2 fully saturated rings. The van der Waals surface area contributed by atoms with Gasteiger partial charge in [-0.15, -0.1) is 0 Å². The van der Waals surface area contributed by atoms with E-state index in [0.717, 1.165) is 50.3 Å². The minimum atomic E-state index is -0.730. The van der Waals surface area contributed by atoms with Gasteiger partial charge in [-0.3, -0.25) is 4.79 Å². The Morgan fingerprint density at radius 2 is 1.91 bits per heavy atom. The van der Waals surface area contributed by atoms with Gasteiger partial charge in [-0.2, -0.15) is 0 Å². The fraction of sp³-hybridized carbons (Fsp3) is 0.632. The van der Waals surface area contributed by atoms with Crippen LogP contribution in [0.25, 0.3) is 0 Å². The lowest BCUT2D eigenvalue weighted by molar-refractivity contribution is -0.156. The predicted octanol–water partition coefficient (Wildman–Crippen LogP) is 3.59. The highest BCUT2D eigenvalue weighted by Gasteiger charge is 2.47. The van der Waals surface area contributed by atoms with Crippen molar-refractivity contribution in [2.24, 2.45) is 11.8 Å². The van der Waals surface area contributed by atoms with E-state index >= 15 is 0 Å². The fourth-order valence-corrected chi connectivity index (χ4v) is 3.89. The highest BCUT2D eigenvalue weighted by molar-refractivity contribution is 5.87. The number of rotatable bonds is 3. The Bertz CT molecular complexity index is 497. The van der Waals surface area contributed by atoms with Gasteiger partial charge in [0.1, 0.15) is 0 Å². The monoisotopic (exact) mass is 301 g/mol. The molecule has 0 aromatic heterocycles. The molecule has 2 aliphatic rings. The maximum atomic E-state index is 13.2. The van der Waals surface area contributed by atoms with Crippen molar-refractivity contribution in [1.29, 1.82) is 0 Å². The number of carbonyl (C=O) groups excluding carboxylic acids is 1. The zero-order valence-corrected chi connectivity index (χ0v) is 13.8. The molecule has 2 saturated heterocycles. The molecule has 1 unspecified atom stereocenters. The first-order chi connectivity index (χ1) is 10.6. The van der Waals surface area contributed by atoms with Crippen molar-refractivity contribution >= 4 is 5.91 Å². The Morgan fingerprint density at radius 1 is 1.23 bits per heavy atom. The highest BCUT2D eigenvalue weighted by atomic mass is 16.5. The van der Waals surface area contributed by atoms with Gasteiger partial charge in [-0.25, -0.2) is 0 Å². The number of nitrogens with zero attached hydrogens (tertiary/aromatic N) is 1. The summed E-state index contributed by atoms with van der Waals surface area (Å²) in [6.45, 7) is 7.00. The molecule has 120 valence electrons. The fourth-order valence-electron chi connectivity index (χ4n) is 3.89. The van der Waals surface area contributed by atoms with Crippen molar-refractivity contribution in [1.82, 2.24) is 4.90 Å². The third-order valence-corrected chi connectivity index (χ3v) is 5.38. The number of likely N-dealkylation sites (tertiary alicyclic amines) is 1. The van der Waals surface area contributed by atoms with Gasteiger partial charge < -0.3 is 9.64 Å². The number of amides is 1. The van der Waals surface area contributed by atoms with E-state index in [-0.39, 0.29) is 5.91 Å². The van der Waals surface area contributed by atoms with Gasteiger partial charge in [0, 0.05) is 19.7 Å². The number of piperidine rings is 1. The largest absolute Gasteiger partial charge is 0.360 e. The highest BCUT2D eigenvalue weighted by Crippen LogP contribution is 2.39. The summed E-state index contributed by atoms with van der Waals surface area (Å²) in [5.41, 5.74) is 0.287. The van der Waals surface area contributed by atoms with E-state index in [4.69, 9.17) is 4.74 Å². The van der Waals surface area contributed by atoms with Crippen LogP contribution in [0.1, 0.15) is 45.1 Å². The molecular weight excluding hydrogens is 274 g/mol. The third kappa shape index (κ3) is 2.79. The number of ether oxygens (including phenoxy) is 1. The first-order valence-corrected chi connectivity index (χ1v) is 8.62. The number of hydrogen-bond acceptors (Lipinski definition) is 2. The average molecular weight is 301 g/mol. The van der Waals surface area contributed by atoms with Crippen LogP contribution in [0, 0.1) is 11.8 Å². The normalized spacial score (nSPS) is 26.6. The summed E-state index contributed by atoms with van der Waals surface area (Å²) in [5, 5.41) is 0. The molecule has 3 rings (SSSR count). The summed E-state index contributed by atoms with van der Waals surface area (Å²) in [4.78, 5) is 15.2. The molecule has 0 radical (unpaired) electrons. The lowest BCUT2D eigenvalue weighted by Crippen LogP contribution is -2.49. The van der Waals surface area contributed by atoms with Crippen LogP contribution in [0.4, 0.5) is 0 Å². The van der Waals surface area contributed by atoms with Crippen LogP contribution < -0.4 is 0 Å². The molecule has 0 aliphatic carbocycles. The second-order valence-corrected chi connectivity index (χ2v) is 7.02. The van der Waals surface area contributed by atoms with E-state index in [1.54, 1.807) is 0 Å². The quantitative estimate of drug-likeness (QED) is 0.854. The van der Waals surface area contributed by atoms with Crippen LogP contribution in [0.15, 0.2) is 30.3 Å². The molecule has 1 aromatic carbocycles. The molecular formula is C19H27NO2. The number of carbonyl (C=O) groups is 1. The Balaban J connectivity index is 1.77. The predicted molar refractivity (Wildman–Crippen MR) is 87.4 cm³/mol. The van der Waals surface area contributed by atoms with Crippen LogP contribution in [0.2, 0.25) is 0 Å². The van der Waals surface area contributed by atoms with Crippen molar-refractivity contribution in [2.45, 2.75) is 45.1 Å². The molecule has 2 heterocycles. The molecule has 3 nitrogen and oxygen atoms in total. The van der Waals surface area contributed by atoms with Gasteiger partial charge >= 0.3 is 0 Å². The SMILES string of the molecule is CC(C)C1CCN(C(=O)C2(c3ccccc3)CCCO2)CC1. The van der Waals surface area contributed by atoms with Crippen LogP contribution >= 0.6 is 0 Å². The maximum absolute atomic E-state index is 13.2. The molecule has 0 saturated carbocycles. The van der Waals surface area contributed by atoms with Gasteiger partial charge in [-0.05, 0) is 43.1 Å². The first-order valence-electron chi connectivity index (χ1n) is 8.62. The van der Waals surface area contributed by atoms with Gasteiger partial charge in [-0.1, -0.05) is 44.2 Å². The van der Waals surface area contributed by atoms with E-state index < -0.39 is 5.60 Å². The first kappa shape index (κ1) is 15.5. The Kier molecular flexibility index (Phi) is 4.53. The van der Waals surface area contributed by atoms with E-state index in [9.17, 15) is 4.79 Å². The summed E-state index contributed by atoms with van der Waals surface area (Å²) >= 11 is 0. The van der Waals surface area contributed by atoms with Crippen LogP contribution in [0.5, 0.6) is 0 Å². The molecule has 22 heavy (non-hydrogen) atoms. The Hall–Kier alpha value is -1.35. The Labute approximate surface area is 133 Å². The molecule has 0 N–H and O–H groups in total. The minimum Gasteiger partial charge on any atom is -0.360 e. The number of hydrogen-bond donors (Lipinski definition) is 0. The summed E-state index contributed by atoms with van der Waals surface area (Å²) in [7, 11) is 0.